The van der Waals surface area contributed by atoms with E-state index in [0.717, 1.165) is 18.5 Å². The Balaban J connectivity index is 1.48. The van der Waals surface area contributed by atoms with Gasteiger partial charge in [-0.05, 0) is 24.0 Å². The molecule has 0 bridgehead atoms. The normalized spacial score (nSPS) is 21.3. The van der Waals surface area contributed by atoms with Gasteiger partial charge in [-0.25, -0.2) is 0 Å². The number of pyridine rings is 1. The molecule has 1 aromatic rings. The lowest BCUT2D eigenvalue weighted by molar-refractivity contribution is -0.135. The van der Waals surface area contributed by atoms with Crippen LogP contribution >= 0.6 is 0 Å². The predicted octanol–water partition coefficient (Wildman–Crippen LogP) is 1.64. The lowest BCUT2D eigenvalue weighted by Crippen LogP contribution is -2.51. The highest BCUT2D eigenvalue weighted by atomic mass is 16.2. The molecule has 2 N–H and O–H groups in total. The van der Waals surface area contributed by atoms with E-state index in [1.807, 2.05) is 17.0 Å². The topological polar surface area (TPSA) is 74.3 Å². The molecule has 1 aliphatic carbocycles. The van der Waals surface area contributed by atoms with Crippen molar-refractivity contribution in [1.82, 2.24) is 20.5 Å². The molecular weight excluding hydrogens is 316 g/mol. The Hall–Kier alpha value is -1.95. The highest BCUT2D eigenvalue weighted by molar-refractivity contribution is 5.85. The standard InChI is InChI=1S/C19H28N4O2/c24-18(8-7-15-4-1-2-5-15)22-14-19(25)23-11-10-21-13-17(23)16-6-3-9-20-12-16/h3,6,9,12,15,17,21H,1-2,4-5,7-8,10-11,13-14H2,(H,22,24). The second kappa shape index (κ2) is 8.94. The lowest BCUT2D eigenvalue weighted by Gasteiger charge is -2.36. The molecule has 6 heteroatoms. The first-order chi connectivity index (χ1) is 12.2. The zero-order valence-electron chi connectivity index (χ0n) is 14.7. The number of hydrogen-bond donors (Lipinski definition) is 2. The quantitative estimate of drug-likeness (QED) is 0.823. The van der Waals surface area contributed by atoms with Crippen molar-refractivity contribution in [3.05, 3.63) is 30.1 Å². The molecule has 0 radical (unpaired) electrons. The molecular formula is C19H28N4O2. The lowest BCUT2D eigenvalue weighted by atomic mass is 10.0. The molecule has 25 heavy (non-hydrogen) atoms. The van der Waals surface area contributed by atoms with E-state index in [9.17, 15) is 9.59 Å². The third kappa shape index (κ3) is 5.01. The average Bonchev–Trinajstić information content (AvgIpc) is 3.19. The number of carbonyl (C=O) groups is 2. The van der Waals surface area contributed by atoms with Gasteiger partial charge in [0, 0.05) is 38.4 Å². The molecule has 1 atom stereocenters. The van der Waals surface area contributed by atoms with E-state index in [4.69, 9.17) is 0 Å². The van der Waals surface area contributed by atoms with Crippen molar-refractivity contribution < 1.29 is 9.59 Å². The zero-order chi connectivity index (χ0) is 17.5. The van der Waals surface area contributed by atoms with Crippen LogP contribution in [0, 0.1) is 5.92 Å². The Morgan fingerprint density at radius 3 is 2.92 bits per heavy atom. The van der Waals surface area contributed by atoms with Gasteiger partial charge in [0.1, 0.15) is 0 Å². The minimum Gasteiger partial charge on any atom is -0.347 e. The zero-order valence-corrected chi connectivity index (χ0v) is 14.7. The van der Waals surface area contributed by atoms with E-state index in [1.54, 1.807) is 12.4 Å². The molecule has 2 fully saturated rings. The summed E-state index contributed by atoms with van der Waals surface area (Å²) in [6, 6.07) is 3.85. The van der Waals surface area contributed by atoms with Gasteiger partial charge in [-0.15, -0.1) is 0 Å². The molecule has 136 valence electrons. The summed E-state index contributed by atoms with van der Waals surface area (Å²) in [5.74, 6) is 0.669. The first-order valence-electron chi connectivity index (χ1n) is 9.41. The largest absolute Gasteiger partial charge is 0.347 e. The second-order valence-corrected chi connectivity index (χ2v) is 7.06. The minimum atomic E-state index is -0.0235. The van der Waals surface area contributed by atoms with E-state index < -0.39 is 0 Å². The van der Waals surface area contributed by atoms with Gasteiger partial charge in [0.2, 0.25) is 11.8 Å². The van der Waals surface area contributed by atoms with Crippen LogP contribution in [0.15, 0.2) is 24.5 Å². The summed E-state index contributed by atoms with van der Waals surface area (Å²) < 4.78 is 0. The number of hydrogen-bond acceptors (Lipinski definition) is 4. The van der Waals surface area contributed by atoms with Gasteiger partial charge in [-0.2, -0.15) is 0 Å². The van der Waals surface area contributed by atoms with Gasteiger partial charge in [0.05, 0.1) is 12.6 Å². The molecule has 1 aromatic heterocycles. The maximum absolute atomic E-state index is 12.6. The van der Waals surface area contributed by atoms with E-state index in [2.05, 4.69) is 15.6 Å². The molecule has 1 saturated heterocycles. The van der Waals surface area contributed by atoms with Crippen LogP contribution in [0.5, 0.6) is 0 Å². The molecule has 6 nitrogen and oxygen atoms in total. The first-order valence-corrected chi connectivity index (χ1v) is 9.41. The number of aromatic nitrogens is 1. The van der Waals surface area contributed by atoms with Gasteiger partial charge >= 0.3 is 0 Å². The van der Waals surface area contributed by atoms with E-state index in [1.165, 1.54) is 25.7 Å². The molecule has 3 rings (SSSR count). The number of nitrogens with zero attached hydrogens (tertiary/aromatic N) is 2. The molecule has 1 aliphatic heterocycles. The molecule has 2 aliphatic rings. The Morgan fingerprint density at radius 1 is 1.32 bits per heavy atom. The van der Waals surface area contributed by atoms with Crippen LogP contribution in [-0.4, -0.2) is 47.9 Å². The molecule has 2 heterocycles. The number of carbonyl (C=O) groups excluding carboxylic acids is 2. The van der Waals surface area contributed by atoms with Crippen molar-refractivity contribution in [1.29, 1.82) is 0 Å². The van der Waals surface area contributed by atoms with Crippen molar-refractivity contribution in [3.8, 4) is 0 Å². The Morgan fingerprint density at radius 2 is 2.16 bits per heavy atom. The van der Waals surface area contributed by atoms with Crippen molar-refractivity contribution in [2.45, 2.75) is 44.6 Å². The smallest absolute Gasteiger partial charge is 0.242 e. The van der Waals surface area contributed by atoms with Gasteiger partial charge in [-0.1, -0.05) is 31.7 Å². The summed E-state index contributed by atoms with van der Waals surface area (Å²) in [4.78, 5) is 30.7. The molecule has 2 amide bonds. The van der Waals surface area contributed by atoms with Gasteiger partial charge in [0.25, 0.3) is 0 Å². The fraction of sp³-hybridized carbons (Fsp3) is 0.632. The van der Waals surface area contributed by atoms with Gasteiger partial charge in [0.15, 0.2) is 0 Å². The van der Waals surface area contributed by atoms with E-state index >= 15 is 0 Å². The summed E-state index contributed by atoms with van der Waals surface area (Å²) in [7, 11) is 0. The first kappa shape index (κ1) is 17.9. The van der Waals surface area contributed by atoms with Crippen molar-refractivity contribution >= 4 is 11.8 Å². The number of nitrogens with one attached hydrogen (secondary N) is 2. The van der Waals surface area contributed by atoms with Crippen LogP contribution in [0.1, 0.15) is 50.1 Å². The van der Waals surface area contributed by atoms with Crippen LogP contribution in [0.4, 0.5) is 0 Å². The fourth-order valence-electron chi connectivity index (χ4n) is 3.87. The molecule has 0 aromatic carbocycles. The van der Waals surface area contributed by atoms with Crippen molar-refractivity contribution in [2.24, 2.45) is 5.92 Å². The van der Waals surface area contributed by atoms with E-state index in [0.29, 0.717) is 25.4 Å². The third-order valence-corrected chi connectivity index (χ3v) is 5.32. The number of amides is 2. The SMILES string of the molecule is O=C(CCC1CCCC1)NCC(=O)N1CCNCC1c1cccnc1. The summed E-state index contributed by atoms with van der Waals surface area (Å²) >= 11 is 0. The summed E-state index contributed by atoms with van der Waals surface area (Å²) in [6.07, 6.45) is 10.1. The number of rotatable bonds is 6. The van der Waals surface area contributed by atoms with Crippen LogP contribution in [0.3, 0.4) is 0 Å². The summed E-state index contributed by atoms with van der Waals surface area (Å²) in [5.41, 5.74) is 1.02. The Bertz CT molecular complexity index is 572. The summed E-state index contributed by atoms with van der Waals surface area (Å²) in [5, 5.41) is 6.14. The van der Waals surface area contributed by atoms with Crippen molar-refractivity contribution in [3.63, 3.8) is 0 Å². The average molecular weight is 344 g/mol. The maximum Gasteiger partial charge on any atom is 0.242 e. The van der Waals surface area contributed by atoms with Crippen LogP contribution in [-0.2, 0) is 9.59 Å². The van der Waals surface area contributed by atoms with Crippen LogP contribution < -0.4 is 10.6 Å². The van der Waals surface area contributed by atoms with Gasteiger partial charge in [-0.3, -0.25) is 14.6 Å². The van der Waals surface area contributed by atoms with Crippen LogP contribution in [0.2, 0.25) is 0 Å². The second-order valence-electron chi connectivity index (χ2n) is 7.06. The van der Waals surface area contributed by atoms with Gasteiger partial charge < -0.3 is 15.5 Å². The molecule has 1 unspecified atom stereocenters. The van der Waals surface area contributed by atoms with Crippen molar-refractivity contribution in [2.75, 3.05) is 26.2 Å². The third-order valence-electron chi connectivity index (χ3n) is 5.32. The Kier molecular flexibility index (Phi) is 6.39. The molecule has 0 spiro atoms. The number of piperazine rings is 1. The molecule has 1 saturated carbocycles. The van der Waals surface area contributed by atoms with Crippen LogP contribution in [0.25, 0.3) is 0 Å². The maximum atomic E-state index is 12.6. The monoisotopic (exact) mass is 344 g/mol. The fourth-order valence-corrected chi connectivity index (χ4v) is 3.87. The highest BCUT2D eigenvalue weighted by Crippen LogP contribution is 2.28. The van der Waals surface area contributed by atoms with E-state index in [-0.39, 0.29) is 24.4 Å². The minimum absolute atomic E-state index is 0.00619. The highest BCUT2D eigenvalue weighted by Gasteiger charge is 2.28. The summed E-state index contributed by atoms with van der Waals surface area (Å²) in [6.45, 7) is 2.22. The Labute approximate surface area is 149 Å². The predicted molar refractivity (Wildman–Crippen MR) is 95.8 cm³/mol.